The van der Waals surface area contributed by atoms with Gasteiger partial charge in [-0.2, -0.15) is 0 Å². The molecule has 0 amide bonds. The number of rotatable bonds is 17. The smallest absolute Gasteiger partial charge is 0.338 e. The molecule has 44 heavy (non-hydrogen) atoms. The molecule has 2 aromatic rings. The molecule has 1 aliphatic heterocycles. The number of esters is 2. The molecular weight excluding hydrogens is 572 g/mol. The zero-order chi connectivity index (χ0) is 31.9. The van der Waals surface area contributed by atoms with E-state index in [0.29, 0.717) is 65.4 Å². The Labute approximate surface area is 260 Å². The Bertz CT molecular complexity index is 1200. The van der Waals surface area contributed by atoms with Crippen molar-refractivity contribution >= 4 is 11.9 Å². The Morgan fingerprint density at radius 1 is 0.614 bits per heavy atom. The van der Waals surface area contributed by atoms with Crippen LogP contribution in [-0.4, -0.2) is 116 Å². The van der Waals surface area contributed by atoms with Crippen LogP contribution in [0, 0.1) is 0 Å². The number of hydrogen-bond donors (Lipinski definition) is 0. The molecule has 12 heteroatoms. The van der Waals surface area contributed by atoms with E-state index in [0.717, 1.165) is 58.5 Å². The molecule has 1 saturated heterocycles. The van der Waals surface area contributed by atoms with Crippen molar-refractivity contribution in [2.24, 2.45) is 0 Å². The van der Waals surface area contributed by atoms with Gasteiger partial charge in [-0.15, -0.1) is 0 Å². The summed E-state index contributed by atoms with van der Waals surface area (Å²) in [6.45, 7) is 8.39. The summed E-state index contributed by atoms with van der Waals surface area (Å²) >= 11 is 0. The molecule has 1 aliphatic rings. The Balaban J connectivity index is 1.37. The average Bonchev–Trinajstić information content (AvgIpc) is 3.28. The van der Waals surface area contributed by atoms with E-state index in [9.17, 15) is 9.59 Å². The minimum Gasteiger partial charge on any atom is -0.493 e. The van der Waals surface area contributed by atoms with Gasteiger partial charge in [-0.3, -0.25) is 0 Å². The van der Waals surface area contributed by atoms with Gasteiger partial charge < -0.3 is 47.7 Å². The molecular formula is C32H46N2O10. The van der Waals surface area contributed by atoms with Gasteiger partial charge in [0.15, 0.2) is 23.0 Å². The van der Waals surface area contributed by atoms with Gasteiger partial charge in [0.2, 0.25) is 11.5 Å². The fourth-order valence-corrected chi connectivity index (χ4v) is 5.05. The first-order valence-corrected chi connectivity index (χ1v) is 14.9. The Morgan fingerprint density at radius 3 is 1.41 bits per heavy atom. The van der Waals surface area contributed by atoms with Gasteiger partial charge in [0.05, 0.1) is 66.5 Å². The quantitative estimate of drug-likeness (QED) is 0.189. The first-order valence-electron chi connectivity index (χ1n) is 14.9. The van der Waals surface area contributed by atoms with E-state index in [2.05, 4.69) is 9.80 Å². The highest BCUT2D eigenvalue weighted by molar-refractivity contribution is 5.91. The lowest BCUT2D eigenvalue weighted by Crippen LogP contribution is -2.32. The number of ether oxygens (including phenoxy) is 8. The van der Waals surface area contributed by atoms with Crippen molar-refractivity contribution in [3.63, 3.8) is 0 Å². The van der Waals surface area contributed by atoms with Crippen molar-refractivity contribution in [1.82, 2.24) is 9.80 Å². The number of carbonyl (C=O) groups excluding carboxylic acids is 2. The number of methoxy groups -OCH3 is 5. The summed E-state index contributed by atoms with van der Waals surface area (Å²) in [6, 6.07) is 6.39. The number of benzene rings is 2. The van der Waals surface area contributed by atoms with Gasteiger partial charge >= 0.3 is 11.9 Å². The van der Waals surface area contributed by atoms with Gasteiger partial charge in [-0.25, -0.2) is 9.59 Å². The lowest BCUT2D eigenvalue weighted by molar-refractivity contribution is 0.0475. The van der Waals surface area contributed by atoms with Crippen LogP contribution in [-0.2, 0) is 9.47 Å². The first kappa shape index (κ1) is 34.6. The fourth-order valence-electron chi connectivity index (χ4n) is 5.05. The van der Waals surface area contributed by atoms with Crippen LogP contribution in [0.5, 0.6) is 34.5 Å². The summed E-state index contributed by atoms with van der Waals surface area (Å²) in [5, 5.41) is 0. The van der Waals surface area contributed by atoms with Crippen molar-refractivity contribution in [2.45, 2.75) is 26.2 Å². The van der Waals surface area contributed by atoms with Crippen molar-refractivity contribution in [3.05, 3.63) is 35.4 Å². The highest BCUT2D eigenvalue weighted by Crippen LogP contribution is 2.39. The lowest BCUT2D eigenvalue weighted by atomic mass is 10.2. The third-order valence-electron chi connectivity index (χ3n) is 7.27. The summed E-state index contributed by atoms with van der Waals surface area (Å²) in [7, 11) is 7.56. The van der Waals surface area contributed by atoms with Crippen LogP contribution in [0.3, 0.4) is 0 Å². The third kappa shape index (κ3) is 9.55. The van der Waals surface area contributed by atoms with Crippen molar-refractivity contribution in [1.29, 1.82) is 0 Å². The first-order chi connectivity index (χ1) is 21.4. The summed E-state index contributed by atoms with van der Waals surface area (Å²) in [5.41, 5.74) is 0.695. The van der Waals surface area contributed by atoms with E-state index in [4.69, 9.17) is 37.9 Å². The van der Waals surface area contributed by atoms with E-state index < -0.39 is 11.9 Å². The second-order valence-electron chi connectivity index (χ2n) is 10.1. The van der Waals surface area contributed by atoms with Crippen molar-refractivity contribution in [3.8, 4) is 34.5 Å². The molecule has 1 heterocycles. The molecule has 0 bridgehead atoms. The molecule has 0 unspecified atom stereocenters. The molecule has 0 atom stereocenters. The largest absolute Gasteiger partial charge is 0.493 e. The van der Waals surface area contributed by atoms with Gasteiger partial charge in [-0.05, 0) is 63.5 Å². The molecule has 1 fully saturated rings. The van der Waals surface area contributed by atoms with Crippen LogP contribution < -0.4 is 28.4 Å². The summed E-state index contributed by atoms with van der Waals surface area (Å²) < 4.78 is 43.4. The maximum atomic E-state index is 12.7. The van der Waals surface area contributed by atoms with Crippen LogP contribution >= 0.6 is 0 Å². The highest BCUT2D eigenvalue weighted by atomic mass is 16.5. The van der Waals surface area contributed by atoms with Crippen molar-refractivity contribution < 1.29 is 47.5 Å². The molecule has 3 rings (SSSR count). The van der Waals surface area contributed by atoms with E-state index in [1.54, 1.807) is 24.3 Å². The van der Waals surface area contributed by atoms with Crippen LogP contribution in [0.15, 0.2) is 24.3 Å². The Hall–Kier alpha value is -3.90. The van der Waals surface area contributed by atoms with E-state index in [1.165, 1.54) is 35.5 Å². The minimum atomic E-state index is -0.437. The second-order valence-corrected chi connectivity index (χ2v) is 10.1. The van der Waals surface area contributed by atoms with Crippen molar-refractivity contribution in [2.75, 3.05) is 94.6 Å². The molecule has 12 nitrogen and oxygen atoms in total. The summed E-state index contributed by atoms with van der Waals surface area (Å²) in [4.78, 5) is 30.1. The zero-order valence-electron chi connectivity index (χ0n) is 26.8. The zero-order valence-corrected chi connectivity index (χ0v) is 26.8. The second kappa shape index (κ2) is 18.0. The number of carbonyl (C=O) groups is 2. The standard InChI is InChI=1S/C32H46N2O10/c1-7-42-28-22-24(21-27(39-4)30(28)41-6)32(36)44-18-10-14-34-12-8-11-33(15-16-34)13-9-17-43-31(35)23-19-25(37-2)29(40-5)26(20-23)38-3/h19-22H,7-18H2,1-6H3. The highest BCUT2D eigenvalue weighted by Gasteiger charge is 2.20. The van der Waals surface area contributed by atoms with Crippen LogP contribution in [0.4, 0.5) is 0 Å². The average molecular weight is 619 g/mol. The monoisotopic (exact) mass is 618 g/mol. The summed E-state index contributed by atoms with van der Waals surface area (Å²) in [6.07, 6.45) is 2.50. The van der Waals surface area contributed by atoms with Gasteiger partial charge in [-0.1, -0.05) is 0 Å². The van der Waals surface area contributed by atoms with Crippen LogP contribution in [0.1, 0.15) is 46.9 Å². The number of nitrogens with zero attached hydrogens (tertiary/aromatic N) is 2. The molecule has 0 N–H and O–H groups in total. The molecule has 2 aromatic carbocycles. The predicted octanol–water partition coefficient (Wildman–Crippen LogP) is 3.93. The SMILES string of the molecule is CCOc1cc(C(=O)OCCCN2CCCN(CCCOC(=O)c3cc(OC)c(OC)c(OC)c3)CC2)cc(OC)c1OC. The molecule has 0 aliphatic carbocycles. The Morgan fingerprint density at radius 2 is 1.02 bits per heavy atom. The van der Waals surface area contributed by atoms with Crippen LogP contribution in [0.25, 0.3) is 0 Å². The Kier molecular flexibility index (Phi) is 14.2. The van der Waals surface area contributed by atoms with Gasteiger partial charge in [0, 0.05) is 26.2 Å². The number of hydrogen-bond acceptors (Lipinski definition) is 12. The fraction of sp³-hybridized carbons (Fsp3) is 0.562. The van der Waals surface area contributed by atoms with Gasteiger partial charge in [0.25, 0.3) is 0 Å². The maximum Gasteiger partial charge on any atom is 0.338 e. The lowest BCUT2D eigenvalue weighted by Gasteiger charge is -2.21. The summed E-state index contributed by atoms with van der Waals surface area (Å²) in [5.74, 6) is 1.66. The maximum absolute atomic E-state index is 12.7. The van der Waals surface area contributed by atoms with Crippen LogP contribution in [0.2, 0.25) is 0 Å². The van der Waals surface area contributed by atoms with E-state index in [-0.39, 0.29) is 0 Å². The topological polar surface area (TPSA) is 114 Å². The predicted molar refractivity (Wildman–Crippen MR) is 164 cm³/mol. The molecule has 0 spiro atoms. The van der Waals surface area contributed by atoms with Gasteiger partial charge in [0.1, 0.15) is 0 Å². The third-order valence-corrected chi connectivity index (χ3v) is 7.27. The molecule has 244 valence electrons. The van der Waals surface area contributed by atoms with E-state index >= 15 is 0 Å². The van der Waals surface area contributed by atoms with E-state index in [1.807, 2.05) is 6.92 Å². The normalized spacial score (nSPS) is 13.9. The minimum absolute atomic E-state index is 0.313. The molecule has 0 aromatic heterocycles. The molecule has 0 saturated carbocycles. The molecule has 0 radical (unpaired) electrons.